The molecule has 0 spiro atoms. The van der Waals surface area contributed by atoms with Crippen molar-refractivity contribution < 1.29 is 33.0 Å². The van der Waals surface area contributed by atoms with Gasteiger partial charge in [-0.3, -0.25) is 9.59 Å². The summed E-state index contributed by atoms with van der Waals surface area (Å²) in [5.41, 5.74) is 0. The van der Waals surface area contributed by atoms with Crippen LogP contribution in [0.1, 0.15) is 6.92 Å². The number of carboxylic acids is 1. The van der Waals surface area contributed by atoms with E-state index in [-0.39, 0.29) is 0 Å². The van der Waals surface area contributed by atoms with Crippen LogP contribution >= 0.6 is 0 Å². The van der Waals surface area contributed by atoms with Gasteiger partial charge in [-0.2, -0.15) is 13.2 Å². The van der Waals surface area contributed by atoms with Gasteiger partial charge in [-0.15, -0.1) is 0 Å². The zero-order valence-electron chi connectivity index (χ0n) is 6.55. The normalized spacial score (nSPS) is 9.62. The minimum Gasteiger partial charge on any atom is -0.481 e. The van der Waals surface area contributed by atoms with Gasteiger partial charge in [0.05, 0.1) is 0 Å². The number of aliphatic hydroxyl groups excluding tert-OH is 1. The van der Waals surface area contributed by atoms with Crippen molar-refractivity contribution in [3.8, 4) is 0 Å². The zero-order chi connectivity index (χ0) is 11.1. The zero-order valence-corrected chi connectivity index (χ0v) is 6.55. The van der Waals surface area contributed by atoms with Crippen molar-refractivity contribution in [2.75, 3.05) is 6.73 Å². The molecule has 0 saturated carbocycles. The molecule has 0 saturated heterocycles. The summed E-state index contributed by atoms with van der Waals surface area (Å²) in [5.74, 6) is -2.97. The quantitative estimate of drug-likeness (QED) is 0.511. The first-order valence-electron chi connectivity index (χ1n) is 2.87. The fourth-order valence-corrected chi connectivity index (χ4v) is 0.172. The highest BCUT2D eigenvalue weighted by Crippen LogP contribution is 2.13. The lowest BCUT2D eigenvalue weighted by Gasteiger charge is -2.03. The molecule has 1 amide bonds. The Hall–Kier alpha value is -1.31. The molecule has 0 unspecified atom stereocenters. The van der Waals surface area contributed by atoms with E-state index in [4.69, 9.17) is 15.0 Å². The summed E-state index contributed by atoms with van der Waals surface area (Å²) in [6, 6.07) is 0. The maximum Gasteiger partial charge on any atom is 0.471 e. The van der Waals surface area contributed by atoms with E-state index in [1.807, 2.05) is 0 Å². The Morgan fingerprint density at radius 1 is 1.38 bits per heavy atom. The summed E-state index contributed by atoms with van der Waals surface area (Å²) in [7, 11) is 0. The topological polar surface area (TPSA) is 86.6 Å². The number of amides is 1. The summed E-state index contributed by atoms with van der Waals surface area (Å²) in [6.45, 7) is 0.0817. The molecule has 0 heterocycles. The Balaban J connectivity index is 0. The molecule has 0 aromatic rings. The fourth-order valence-electron chi connectivity index (χ4n) is 0.172. The third-order valence-corrected chi connectivity index (χ3v) is 0.497. The molecular weight excluding hydrogens is 195 g/mol. The fraction of sp³-hybridized carbons (Fsp3) is 0.600. The molecule has 5 nitrogen and oxygen atoms in total. The van der Waals surface area contributed by atoms with Gasteiger partial charge in [0.15, 0.2) is 0 Å². The Labute approximate surface area is 71.2 Å². The Kier molecular flexibility index (Phi) is 6.82. The van der Waals surface area contributed by atoms with Crippen LogP contribution in [0.15, 0.2) is 0 Å². The van der Waals surface area contributed by atoms with E-state index in [0.717, 1.165) is 6.92 Å². The van der Waals surface area contributed by atoms with Gasteiger partial charge < -0.3 is 15.5 Å². The Bertz CT molecular complexity index is 175. The Morgan fingerprint density at radius 3 is 1.77 bits per heavy atom. The van der Waals surface area contributed by atoms with Crippen LogP contribution < -0.4 is 5.32 Å². The van der Waals surface area contributed by atoms with Crippen molar-refractivity contribution in [3.05, 3.63) is 0 Å². The number of alkyl halides is 3. The van der Waals surface area contributed by atoms with Crippen LogP contribution in [0.4, 0.5) is 13.2 Å². The average molecular weight is 203 g/mol. The van der Waals surface area contributed by atoms with Gasteiger partial charge >= 0.3 is 12.1 Å². The van der Waals surface area contributed by atoms with Crippen LogP contribution in [0.5, 0.6) is 0 Å². The number of nitrogens with one attached hydrogen (secondary N) is 1. The molecule has 3 N–H and O–H groups in total. The van der Waals surface area contributed by atoms with Crippen LogP contribution in [0.25, 0.3) is 0 Å². The van der Waals surface area contributed by atoms with Crippen molar-refractivity contribution >= 4 is 11.9 Å². The number of hydrogen-bond donors (Lipinski definition) is 3. The number of carbonyl (C=O) groups is 2. The van der Waals surface area contributed by atoms with E-state index in [2.05, 4.69) is 0 Å². The highest BCUT2D eigenvalue weighted by atomic mass is 19.4. The average Bonchev–Trinajstić information content (AvgIpc) is 1.84. The number of hydrogen-bond acceptors (Lipinski definition) is 3. The first kappa shape index (κ1) is 14.2. The number of aliphatic carboxylic acids is 1. The number of carbonyl (C=O) groups excluding carboxylic acids is 1. The second-order valence-corrected chi connectivity index (χ2v) is 1.68. The van der Waals surface area contributed by atoms with Gasteiger partial charge in [0, 0.05) is 6.92 Å². The smallest absolute Gasteiger partial charge is 0.471 e. The molecule has 0 aliphatic heterocycles. The largest absolute Gasteiger partial charge is 0.481 e. The molecule has 0 aromatic heterocycles. The lowest BCUT2D eigenvalue weighted by Crippen LogP contribution is -2.37. The van der Waals surface area contributed by atoms with Gasteiger partial charge in [-0.05, 0) is 0 Å². The minimum atomic E-state index is -4.90. The van der Waals surface area contributed by atoms with E-state index in [1.54, 1.807) is 0 Å². The third kappa shape index (κ3) is 13.7. The van der Waals surface area contributed by atoms with Crippen molar-refractivity contribution in [3.63, 3.8) is 0 Å². The maximum atomic E-state index is 11.1. The minimum absolute atomic E-state index is 0.833. The van der Waals surface area contributed by atoms with Gasteiger partial charge in [0.25, 0.3) is 5.97 Å². The number of aliphatic hydroxyl groups is 1. The number of rotatable bonds is 1. The molecular formula is C5H8F3NO4. The van der Waals surface area contributed by atoms with Crippen LogP contribution in [-0.4, -0.2) is 35.0 Å². The van der Waals surface area contributed by atoms with Crippen molar-refractivity contribution in [2.45, 2.75) is 13.1 Å². The SMILES string of the molecule is CC(=O)O.O=C(NCO)C(F)(F)F. The molecule has 0 aliphatic carbocycles. The first-order valence-corrected chi connectivity index (χ1v) is 2.87. The standard InChI is InChI=1S/C3H4F3NO2.C2H4O2/c4-3(5,6)2(9)7-1-8;1-2(3)4/h8H,1H2,(H,7,9);1H3,(H,3,4). The molecule has 0 aliphatic rings. The van der Waals surface area contributed by atoms with Crippen LogP contribution in [-0.2, 0) is 9.59 Å². The number of carboxylic acid groups (broad SMARTS) is 1. The monoisotopic (exact) mass is 203 g/mol. The van der Waals surface area contributed by atoms with Gasteiger partial charge in [0.1, 0.15) is 6.73 Å². The molecule has 0 rings (SSSR count). The van der Waals surface area contributed by atoms with Gasteiger partial charge in [-0.25, -0.2) is 0 Å². The lowest BCUT2D eigenvalue weighted by molar-refractivity contribution is -0.174. The highest BCUT2D eigenvalue weighted by Gasteiger charge is 2.38. The number of halogens is 3. The van der Waals surface area contributed by atoms with Crippen molar-refractivity contribution in [2.24, 2.45) is 0 Å². The van der Waals surface area contributed by atoms with Crippen molar-refractivity contribution in [1.82, 2.24) is 5.32 Å². The van der Waals surface area contributed by atoms with Gasteiger partial charge in [0.2, 0.25) is 0 Å². The highest BCUT2D eigenvalue weighted by molar-refractivity contribution is 5.81. The lowest BCUT2D eigenvalue weighted by atomic mass is 10.6. The molecule has 0 aromatic carbocycles. The molecule has 0 fully saturated rings. The summed E-state index contributed by atoms with van der Waals surface area (Å²) < 4.78 is 33.3. The van der Waals surface area contributed by atoms with E-state index in [1.165, 1.54) is 5.32 Å². The predicted molar refractivity (Wildman–Crippen MR) is 34.6 cm³/mol. The second-order valence-electron chi connectivity index (χ2n) is 1.68. The van der Waals surface area contributed by atoms with Crippen molar-refractivity contribution in [1.29, 1.82) is 0 Å². The van der Waals surface area contributed by atoms with E-state index < -0.39 is 24.8 Å². The second kappa shape index (κ2) is 6.23. The van der Waals surface area contributed by atoms with E-state index >= 15 is 0 Å². The summed E-state index contributed by atoms with van der Waals surface area (Å²) in [5, 5.41) is 16.4. The molecule has 0 atom stereocenters. The van der Waals surface area contributed by atoms with E-state index in [9.17, 15) is 18.0 Å². The molecule has 8 heteroatoms. The summed E-state index contributed by atoms with van der Waals surface area (Å²) >= 11 is 0. The van der Waals surface area contributed by atoms with Crippen LogP contribution in [0.2, 0.25) is 0 Å². The van der Waals surface area contributed by atoms with Gasteiger partial charge in [-0.1, -0.05) is 0 Å². The molecule has 78 valence electrons. The predicted octanol–water partition coefficient (Wildman–Crippen LogP) is -0.294. The van der Waals surface area contributed by atoms with Crippen LogP contribution in [0, 0.1) is 0 Å². The first-order chi connectivity index (χ1) is 5.71. The van der Waals surface area contributed by atoms with E-state index in [0.29, 0.717) is 0 Å². The third-order valence-electron chi connectivity index (χ3n) is 0.497. The summed E-state index contributed by atoms with van der Waals surface area (Å²) in [6.07, 6.45) is -4.90. The maximum absolute atomic E-state index is 11.1. The van der Waals surface area contributed by atoms with Crippen LogP contribution in [0.3, 0.4) is 0 Å². The molecule has 13 heavy (non-hydrogen) atoms. The Morgan fingerprint density at radius 2 is 1.69 bits per heavy atom. The molecule has 0 bridgehead atoms. The molecule has 0 radical (unpaired) electrons. The summed E-state index contributed by atoms with van der Waals surface area (Å²) in [4.78, 5) is 18.7.